The number of hydrogen-bond acceptors (Lipinski definition) is 2. The Balaban J connectivity index is 1.77. The number of carbonyl (C=O) groups is 1. The van der Waals surface area contributed by atoms with Gasteiger partial charge >= 0.3 is 0 Å². The van der Waals surface area contributed by atoms with Crippen LogP contribution in [0.5, 0.6) is 0 Å². The van der Waals surface area contributed by atoms with Gasteiger partial charge in [0.2, 0.25) is 5.91 Å². The molecule has 0 fully saturated rings. The molecule has 2 rings (SSSR count). The lowest BCUT2D eigenvalue weighted by atomic mass is 10.2. The third-order valence-corrected chi connectivity index (χ3v) is 4.24. The summed E-state index contributed by atoms with van der Waals surface area (Å²) in [6.07, 6.45) is 4.39. The molecule has 26 heavy (non-hydrogen) atoms. The Morgan fingerprint density at radius 2 is 2.00 bits per heavy atom. The second-order valence-electron chi connectivity index (χ2n) is 5.87. The molecule has 6 nitrogen and oxygen atoms in total. The van der Waals surface area contributed by atoms with E-state index >= 15 is 0 Å². The minimum Gasteiger partial charge on any atom is -0.357 e. The molecule has 0 bridgehead atoms. The summed E-state index contributed by atoms with van der Waals surface area (Å²) in [5, 5.41) is 9.40. The monoisotopic (exact) mass is 419 g/mol. The molecule has 0 aliphatic rings. The Hall–Kier alpha value is -2.28. The first-order chi connectivity index (χ1) is 12.6. The number of aryl methyl sites for hydroxylation is 1. The number of hydrogen-bond donors (Lipinski definition) is 3. The van der Waals surface area contributed by atoms with Gasteiger partial charge in [0.25, 0.3) is 0 Å². The van der Waals surface area contributed by atoms with Gasteiger partial charge in [-0.3, -0.25) is 9.79 Å². The molecule has 0 spiro atoms. The van der Waals surface area contributed by atoms with Crippen molar-refractivity contribution in [2.45, 2.75) is 26.8 Å². The van der Waals surface area contributed by atoms with E-state index in [-0.39, 0.29) is 5.91 Å². The van der Waals surface area contributed by atoms with E-state index in [1.807, 2.05) is 56.6 Å². The minimum atomic E-state index is -0.0395. The molecular formula is C19H26BrN5O. The van der Waals surface area contributed by atoms with Gasteiger partial charge in [0.05, 0.1) is 6.54 Å². The molecule has 0 saturated heterocycles. The zero-order chi connectivity index (χ0) is 18.8. The highest BCUT2D eigenvalue weighted by molar-refractivity contribution is 9.10. The molecule has 0 saturated carbocycles. The van der Waals surface area contributed by atoms with Crippen molar-refractivity contribution in [2.75, 3.05) is 25.0 Å². The molecule has 0 radical (unpaired) electrons. The number of carbonyl (C=O) groups excluding carboxylic acids is 1. The van der Waals surface area contributed by atoms with Gasteiger partial charge < -0.3 is 20.5 Å². The fourth-order valence-electron chi connectivity index (χ4n) is 2.41. The quantitative estimate of drug-likeness (QED) is 0.454. The number of aliphatic imine (C=N–C) groups is 1. The Morgan fingerprint density at radius 3 is 2.69 bits per heavy atom. The van der Waals surface area contributed by atoms with Crippen molar-refractivity contribution >= 4 is 33.5 Å². The summed E-state index contributed by atoms with van der Waals surface area (Å²) >= 11 is 3.42. The maximum Gasteiger partial charge on any atom is 0.226 e. The number of nitrogens with zero attached hydrogens (tertiary/aromatic N) is 2. The Bertz CT molecular complexity index is 728. The lowest BCUT2D eigenvalue weighted by Crippen LogP contribution is -2.39. The van der Waals surface area contributed by atoms with E-state index in [9.17, 15) is 4.79 Å². The summed E-state index contributed by atoms with van der Waals surface area (Å²) in [5.74, 6) is 0.689. The first-order valence-electron chi connectivity index (χ1n) is 8.77. The number of aromatic nitrogens is 1. The van der Waals surface area contributed by atoms with Crippen LogP contribution in [0.2, 0.25) is 0 Å². The fourth-order valence-corrected chi connectivity index (χ4v) is 2.89. The largest absolute Gasteiger partial charge is 0.357 e. The zero-order valence-electron chi connectivity index (χ0n) is 15.3. The normalized spacial score (nSPS) is 11.3. The minimum absolute atomic E-state index is 0.0395. The molecule has 0 unspecified atom stereocenters. The van der Waals surface area contributed by atoms with Gasteiger partial charge in [-0.2, -0.15) is 0 Å². The van der Waals surface area contributed by atoms with E-state index in [0.717, 1.165) is 41.3 Å². The van der Waals surface area contributed by atoms with Crippen molar-refractivity contribution in [3.63, 3.8) is 0 Å². The summed E-state index contributed by atoms with van der Waals surface area (Å²) < 4.78 is 3.10. The predicted octanol–water partition coefficient (Wildman–Crippen LogP) is 3.14. The summed E-state index contributed by atoms with van der Waals surface area (Å²) in [4.78, 5) is 16.6. The number of anilines is 1. The number of halogens is 1. The molecule has 140 valence electrons. The van der Waals surface area contributed by atoms with E-state index in [1.54, 1.807) is 0 Å². The van der Waals surface area contributed by atoms with Gasteiger partial charge in [-0.15, -0.1) is 0 Å². The van der Waals surface area contributed by atoms with Gasteiger partial charge in [-0.05, 0) is 49.7 Å². The smallest absolute Gasteiger partial charge is 0.226 e. The second kappa shape index (κ2) is 10.7. The molecule has 1 aromatic carbocycles. The summed E-state index contributed by atoms with van der Waals surface area (Å²) in [5.41, 5.74) is 1.86. The predicted molar refractivity (Wildman–Crippen MR) is 111 cm³/mol. The molecule has 2 aromatic rings. The SMILES string of the molecule is CCNC(=NCCC(=O)Nc1ccc(Br)cc1C)NCCn1cccc1. The maximum absolute atomic E-state index is 12.1. The van der Waals surface area contributed by atoms with Gasteiger partial charge in [0, 0.05) is 48.6 Å². The molecule has 3 N–H and O–H groups in total. The lowest BCUT2D eigenvalue weighted by Gasteiger charge is -2.12. The van der Waals surface area contributed by atoms with Crippen LogP contribution in [0, 0.1) is 6.92 Å². The van der Waals surface area contributed by atoms with E-state index in [1.165, 1.54) is 0 Å². The van der Waals surface area contributed by atoms with Crippen LogP contribution in [-0.2, 0) is 11.3 Å². The Morgan fingerprint density at radius 1 is 1.23 bits per heavy atom. The van der Waals surface area contributed by atoms with Crippen molar-refractivity contribution in [3.8, 4) is 0 Å². The molecule has 1 aromatic heterocycles. The van der Waals surface area contributed by atoms with E-state index in [4.69, 9.17) is 0 Å². The van der Waals surface area contributed by atoms with Gasteiger partial charge in [-0.25, -0.2) is 0 Å². The van der Waals surface area contributed by atoms with Crippen LogP contribution in [0.15, 0.2) is 52.2 Å². The molecule has 7 heteroatoms. The maximum atomic E-state index is 12.1. The van der Waals surface area contributed by atoms with Crippen LogP contribution in [0.3, 0.4) is 0 Å². The Kier molecular flexibility index (Phi) is 8.21. The van der Waals surface area contributed by atoms with Crippen molar-refractivity contribution in [1.29, 1.82) is 0 Å². The highest BCUT2D eigenvalue weighted by atomic mass is 79.9. The first-order valence-corrected chi connectivity index (χ1v) is 9.56. The van der Waals surface area contributed by atoms with Crippen LogP contribution < -0.4 is 16.0 Å². The molecule has 0 aliphatic carbocycles. The molecule has 0 atom stereocenters. The van der Waals surface area contributed by atoms with Crippen molar-refractivity contribution < 1.29 is 4.79 Å². The standard InChI is InChI=1S/C19H26BrN5O/c1-3-21-19(23-10-13-25-11-4-5-12-25)22-9-8-18(26)24-17-7-6-16(20)14-15(17)2/h4-7,11-12,14H,3,8-10,13H2,1-2H3,(H,24,26)(H2,21,22,23). The van der Waals surface area contributed by atoms with E-state index in [0.29, 0.717) is 13.0 Å². The lowest BCUT2D eigenvalue weighted by molar-refractivity contribution is -0.116. The Labute approximate surface area is 163 Å². The number of benzene rings is 1. The number of nitrogens with one attached hydrogen (secondary N) is 3. The summed E-state index contributed by atoms with van der Waals surface area (Å²) in [6, 6.07) is 9.80. The molecule has 1 heterocycles. The van der Waals surface area contributed by atoms with Crippen molar-refractivity contribution in [3.05, 3.63) is 52.8 Å². The molecule has 1 amide bonds. The van der Waals surface area contributed by atoms with Crippen LogP contribution in [0.25, 0.3) is 0 Å². The number of amides is 1. The van der Waals surface area contributed by atoms with Gasteiger partial charge in [0.1, 0.15) is 0 Å². The average molecular weight is 420 g/mol. The topological polar surface area (TPSA) is 70.4 Å². The first kappa shape index (κ1) is 20.0. The van der Waals surface area contributed by atoms with E-state index in [2.05, 4.69) is 41.4 Å². The van der Waals surface area contributed by atoms with Gasteiger partial charge in [0.15, 0.2) is 5.96 Å². The number of rotatable bonds is 8. The van der Waals surface area contributed by atoms with Crippen molar-refractivity contribution in [1.82, 2.24) is 15.2 Å². The van der Waals surface area contributed by atoms with Crippen molar-refractivity contribution in [2.24, 2.45) is 4.99 Å². The average Bonchev–Trinajstić information content (AvgIpc) is 3.11. The van der Waals surface area contributed by atoms with E-state index < -0.39 is 0 Å². The highest BCUT2D eigenvalue weighted by Gasteiger charge is 2.05. The number of guanidine groups is 1. The van der Waals surface area contributed by atoms with Crippen LogP contribution >= 0.6 is 15.9 Å². The zero-order valence-corrected chi connectivity index (χ0v) is 16.8. The van der Waals surface area contributed by atoms with Crippen LogP contribution in [0.4, 0.5) is 5.69 Å². The third-order valence-electron chi connectivity index (χ3n) is 3.74. The van der Waals surface area contributed by atoms with Crippen LogP contribution in [0.1, 0.15) is 18.9 Å². The molecular weight excluding hydrogens is 394 g/mol. The third kappa shape index (κ3) is 6.92. The summed E-state index contributed by atoms with van der Waals surface area (Å²) in [7, 11) is 0. The second-order valence-corrected chi connectivity index (χ2v) is 6.78. The molecule has 0 aliphatic heterocycles. The van der Waals surface area contributed by atoms with Crippen LogP contribution in [-0.4, -0.2) is 36.1 Å². The fraction of sp³-hybridized carbons (Fsp3) is 0.368. The highest BCUT2D eigenvalue weighted by Crippen LogP contribution is 2.20. The summed E-state index contributed by atoms with van der Waals surface area (Å²) in [6.45, 7) is 6.83. The van der Waals surface area contributed by atoms with Gasteiger partial charge in [-0.1, -0.05) is 15.9 Å².